The van der Waals surface area contributed by atoms with Crippen molar-refractivity contribution in [2.24, 2.45) is 0 Å². The van der Waals surface area contributed by atoms with Crippen LogP contribution < -0.4 is 10.2 Å². The Labute approximate surface area is 505 Å². The van der Waals surface area contributed by atoms with Gasteiger partial charge >= 0.3 is 0 Å². The molecule has 0 aromatic heterocycles. The Bertz CT molecular complexity index is 1460. The van der Waals surface area contributed by atoms with Crippen LogP contribution in [0.4, 0.5) is 0 Å². The number of likely N-dealkylation sites (N-methyl/N-ethyl adjacent to an activating group) is 1. The van der Waals surface area contributed by atoms with E-state index in [2.05, 4.69) is 55.6 Å². The number of phosphoric ester groups is 1. The van der Waals surface area contributed by atoms with E-state index in [1.54, 1.807) is 6.08 Å². The smallest absolute Gasteiger partial charge is 0.268 e. The van der Waals surface area contributed by atoms with Gasteiger partial charge in [-0.3, -0.25) is 9.36 Å². The fourth-order valence-electron chi connectivity index (χ4n) is 10.7. The highest BCUT2D eigenvalue weighted by molar-refractivity contribution is 7.45. The predicted octanol–water partition coefficient (Wildman–Crippen LogP) is 22.0. The summed E-state index contributed by atoms with van der Waals surface area (Å²) in [7, 11) is 1.25. The Hall–Kier alpha value is -1.54. The van der Waals surface area contributed by atoms with Gasteiger partial charge < -0.3 is 28.8 Å². The first kappa shape index (κ1) is 79.5. The normalized spacial score (nSPS) is 13.9. The molecule has 478 valence electrons. The molecule has 3 unspecified atom stereocenters. The molecule has 0 rings (SSSR count). The molecule has 0 saturated heterocycles. The summed E-state index contributed by atoms with van der Waals surface area (Å²) < 4.78 is 23.4. The van der Waals surface area contributed by atoms with Gasteiger partial charge in [-0.1, -0.05) is 326 Å². The quantitative estimate of drug-likeness (QED) is 0.0272. The molecule has 0 aromatic rings. The van der Waals surface area contributed by atoms with Gasteiger partial charge in [-0.15, -0.1) is 0 Å². The summed E-state index contributed by atoms with van der Waals surface area (Å²) in [5.41, 5.74) is 0. The molecule has 3 atom stereocenters. The number of rotatable bonds is 66. The van der Waals surface area contributed by atoms with Crippen LogP contribution in [0.15, 0.2) is 48.6 Å². The van der Waals surface area contributed by atoms with Crippen molar-refractivity contribution in [3.63, 3.8) is 0 Å². The molecule has 0 spiro atoms. The molecule has 0 fully saturated rings. The number of allylic oxidation sites excluding steroid dienone is 7. The van der Waals surface area contributed by atoms with Crippen LogP contribution in [0, 0.1) is 0 Å². The van der Waals surface area contributed by atoms with Crippen LogP contribution in [-0.2, 0) is 18.4 Å². The Balaban J connectivity index is 4.01. The topological polar surface area (TPSA) is 108 Å². The number of carbonyl (C=O) groups is 1. The second-order valence-corrected chi connectivity index (χ2v) is 27.0. The van der Waals surface area contributed by atoms with E-state index in [4.69, 9.17) is 9.05 Å². The van der Waals surface area contributed by atoms with E-state index >= 15 is 0 Å². The molecular weight excluding hydrogens is 1020 g/mol. The van der Waals surface area contributed by atoms with Gasteiger partial charge in [0.2, 0.25) is 5.91 Å². The minimum Gasteiger partial charge on any atom is -0.756 e. The van der Waals surface area contributed by atoms with Crippen LogP contribution in [0.2, 0.25) is 0 Å². The molecule has 0 saturated carbocycles. The number of aliphatic hydroxyl groups excluding tert-OH is 1. The molecule has 2 N–H and O–H groups in total. The Morgan fingerprint density at radius 2 is 0.691 bits per heavy atom. The van der Waals surface area contributed by atoms with Crippen LogP contribution >= 0.6 is 7.82 Å². The molecular formula is C72H139N2O6P. The minimum atomic E-state index is -4.61. The number of hydrogen-bond acceptors (Lipinski definition) is 6. The van der Waals surface area contributed by atoms with Crippen molar-refractivity contribution in [1.82, 2.24) is 5.32 Å². The molecule has 0 heterocycles. The monoisotopic (exact) mass is 1160 g/mol. The lowest BCUT2D eigenvalue weighted by Crippen LogP contribution is -2.45. The first-order valence-corrected chi connectivity index (χ1v) is 37.0. The fourth-order valence-corrected chi connectivity index (χ4v) is 11.4. The number of carbonyl (C=O) groups excluding carboxylic acids is 1. The third kappa shape index (κ3) is 65.9. The molecule has 1 amide bonds. The summed E-state index contributed by atoms with van der Waals surface area (Å²) >= 11 is 0. The van der Waals surface area contributed by atoms with Crippen LogP contribution in [0.1, 0.15) is 354 Å². The van der Waals surface area contributed by atoms with Crippen LogP contribution in [-0.4, -0.2) is 68.5 Å². The molecule has 0 bridgehead atoms. The van der Waals surface area contributed by atoms with Crippen LogP contribution in [0.25, 0.3) is 0 Å². The maximum Gasteiger partial charge on any atom is 0.268 e. The zero-order valence-corrected chi connectivity index (χ0v) is 55.6. The van der Waals surface area contributed by atoms with Gasteiger partial charge in [0.1, 0.15) is 13.2 Å². The molecule has 0 aliphatic rings. The van der Waals surface area contributed by atoms with Crippen LogP contribution in [0.3, 0.4) is 0 Å². The van der Waals surface area contributed by atoms with Crippen molar-refractivity contribution in [2.45, 2.75) is 366 Å². The Morgan fingerprint density at radius 3 is 1.00 bits per heavy atom. The SMILES string of the molecule is CCCCCCCCCC/C=C\CCCCCCCCCCCCCCCCCCCCCCCCCCCC(=O)NC(COP(=O)([O-])OCC[N+](C)(C)C)C(O)/C=C/CC/C=C/CC/C=C/CCCCCCCCCCCCCC. The number of amides is 1. The maximum absolute atomic E-state index is 13.0. The molecule has 9 heteroatoms. The standard InChI is InChI=1S/C72H139N2O6P/c1-6-8-10-12-14-16-18-20-22-24-26-28-30-31-32-33-34-35-36-37-38-39-40-41-42-43-44-46-48-50-52-54-56-58-60-62-64-66-72(76)73-70(69-80-81(77,78)79-68-67-74(3,4)5)71(75)65-63-61-59-57-55-53-51-49-47-45-29-27-25-23-21-19-17-15-13-11-9-7-2/h24,26,47,49,55,57,63,65,70-71,75H,6-23,25,27-46,48,50-54,56,58-62,64,66-69H2,1-5H3,(H-,73,76,77,78)/b26-24-,49-47+,57-55+,65-63+. The largest absolute Gasteiger partial charge is 0.756 e. The highest BCUT2D eigenvalue weighted by atomic mass is 31.2. The van der Waals surface area contributed by atoms with Crippen molar-refractivity contribution in [3.05, 3.63) is 48.6 Å². The van der Waals surface area contributed by atoms with Crippen molar-refractivity contribution in [2.75, 3.05) is 40.9 Å². The molecule has 81 heavy (non-hydrogen) atoms. The summed E-state index contributed by atoms with van der Waals surface area (Å²) in [5.74, 6) is -0.205. The second kappa shape index (κ2) is 63.0. The maximum atomic E-state index is 13.0. The lowest BCUT2D eigenvalue weighted by molar-refractivity contribution is -0.870. The number of hydrogen-bond donors (Lipinski definition) is 2. The van der Waals surface area contributed by atoms with E-state index < -0.39 is 26.6 Å². The summed E-state index contributed by atoms with van der Waals surface area (Å²) in [6.45, 7) is 4.67. The lowest BCUT2D eigenvalue weighted by atomic mass is 10.0. The van der Waals surface area contributed by atoms with Gasteiger partial charge in [0.25, 0.3) is 7.82 Å². The highest BCUT2D eigenvalue weighted by Crippen LogP contribution is 2.38. The lowest BCUT2D eigenvalue weighted by Gasteiger charge is -2.29. The third-order valence-corrected chi connectivity index (χ3v) is 17.2. The summed E-state index contributed by atoms with van der Waals surface area (Å²) in [5, 5.41) is 13.9. The van der Waals surface area contributed by atoms with Gasteiger partial charge in [-0.25, -0.2) is 0 Å². The van der Waals surface area contributed by atoms with E-state index in [0.29, 0.717) is 17.4 Å². The van der Waals surface area contributed by atoms with E-state index in [0.717, 1.165) is 44.9 Å². The number of quaternary nitrogens is 1. The molecule has 8 nitrogen and oxygen atoms in total. The molecule has 0 aliphatic carbocycles. The zero-order chi connectivity index (χ0) is 59.1. The van der Waals surface area contributed by atoms with E-state index in [9.17, 15) is 19.4 Å². The van der Waals surface area contributed by atoms with Gasteiger partial charge in [-0.05, 0) is 70.6 Å². The number of nitrogens with one attached hydrogen (secondary N) is 1. The van der Waals surface area contributed by atoms with E-state index in [-0.39, 0.29) is 12.5 Å². The third-order valence-electron chi connectivity index (χ3n) is 16.2. The molecule has 0 aromatic carbocycles. The van der Waals surface area contributed by atoms with Gasteiger partial charge in [-0.2, -0.15) is 0 Å². The number of phosphoric acid groups is 1. The van der Waals surface area contributed by atoms with Gasteiger partial charge in [0, 0.05) is 6.42 Å². The van der Waals surface area contributed by atoms with Gasteiger partial charge in [0.05, 0.1) is 39.9 Å². The second-order valence-electron chi connectivity index (χ2n) is 25.6. The first-order valence-electron chi connectivity index (χ1n) is 35.5. The first-order chi connectivity index (χ1) is 39.5. The number of unbranched alkanes of at least 4 members (excludes halogenated alkanes) is 47. The van der Waals surface area contributed by atoms with E-state index in [1.165, 1.54) is 289 Å². The van der Waals surface area contributed by atoms with Crippen molar-refractivity contribution in [3.8, 4) is 0 Å². The van der Waals surface area contributed by atoms with Crippen LogP contribution in [0.5, 0.6) is 0 Å². The predicted molar refractivity (Wildman–Crippen MR) is 353 cm³/mol. The fraction of sp³-hybridized carbons (Fsp3) is 0.875. The van der Waals surface area contributed by atoms with Crippen molar-refractivity contribution >= 4 is 13.7 Å². The number of aliphatic hydroxyl groups is 1. The average Bonchev–Trinajstić information content (AvgIpc) is 3.43. The average molecular weight is 1160 g/mol. The summed E-state index contributed by atoms with van der Waals surface area (Å²) in [6, 6.07) is -0.910. The van der Waals surface area contributed by atoms with Gasteiger partial charge in [0.15, 0.2) is 0 Å². The summed E-state index contributed by atoms with van der Waals surface area (Å²) in [6.07, 6.45) is 85.4. The highest BCUT2D eigenvalue weighted by Gasteiger charge is 2.23. The summed E-state index contributed by atoms with van der Waals surface area (Å²) in [4.78, 5) is 25.6. The molecule has 0 aliphatic heterocycles. The van der Waals surface area contributed by atoms with E-state index in [1.807, 2.05) is 27.2 Å². The van der Waals surface area contributed by atoms with Crippen molar-refractivity contribution in [1.29, 1.82) is 0 Å². The zero-order valence-electron chi connectivity index (χ0n) is 54.8. The Kier molecular flexibility index (Phi) is 61.8. The van der Waals surface area contributed by atoms with Crippen molar-refractivity contribution < 1.29 is 32.9 Å². The minimum absolute atomic E-state index is 0.00788. The molecule has 0 radical (unpaired) electrons. The number of nitrogens with zero attached hydrogens (tertiary/aromatic N) is 1. The Morgan fingerprint density at radius 1 is 0.420 bits per heavy atom.